The van der Waals surface area contributed by atoms with Gasteiger partial charge in [0, 0.05) is 23.7 Å². The highest BCUT2D eigenvalue weighted by Crippen LogP contribution is 2.30. The van der Waals surface area contributed by atoms with Gasteiger partial charge in [0.25, 0.3) is 5.91 Å². The molecule has 0 spiro atoms. The van der Waals surface area contributed by atoms with Gasteiger partial charge in [-0.25, -0.2) is 0 Å². The number of hydrogen-bond donors (Lipinski definition) is 2. The fourth-order valence-electron chi connectivity index (χ4n) is 4.06. The number of carbonyl (C=O) groups is 2. The molecule has 2 aliphatic rings. The largest absolute Gasteiger partial charge is 0.350 e. The van der Waals surface area contributed by atoms with Gasteiger partial charge >= 0.3 is 0 Å². The molecule has 4 rings (SSSR count). The van der Waals surface area contributed by atoms with Gasteiger partial charge in [0.05, 0.1) is 6.04 Å². The van der Waals surface area contributed by atoms with Crippen molar-refractivity contribution in [2.24, 2.45) is 11.8 Å². The van der Waals surface area contributed by atoms with E-state index in [1.165, 1.54) is 18.4 Å². The van der Waals surface area contributed by atoms with Crippen LogP contribution >= 0.6 is 0 Å². The second-order valence-corrected chi connectivity index (χ2v) is 8.70. The van der Waals surface area contributed by atoms with Gasteiger partial charge in [0.15, 0.2) is 0 Å². The Kier molecular flexibility index (Phi) is 6.48. The summed E-state index contributed by atoms with van der Waals surface area (Å²) in [7, 11) is 0. The highest BCUT2D eigenvalue weighted by atomic mass is 16.2. The molecule has 5 nitrogen and oxygen atoms in total. The van der Waals surface area contributed by atoms with Gasteiger partial charge in [0.1, 0.15) is 0 Å². The van der Waals surface area contributed by atoms with E-state index in [-0.39, 0.29) is 23.8 Å². The van der Waals surface area contributed by atoms with Crippen molar-refractivity contribution in [3.05, 3.63) is 65.7 Å². The lowest BCUT2D eigenvalue weighted by Crippen LogP contribution is -2.42. The summed E-state index contributed by atoms with van der Waals surface area (Å²) in [6.07, 6.45) is 4.35. The third kappa shape index (κ3) is 5.28. The first kappa shape index (κ1) is 20.6. The normalized spacial score (nSPS) is 18.6. The molecule has 1 saturated carbocycles. The number of hydrogen-bond acceptors (Lipinski definition) is 3. The Balaban J connectivity index is 1.37. The minimum Gasteiger partial charge on any atom is -0.350 e. The van der Waals surface area contributed by atoms with Crippen molar-refractivity contribution in [2.75, 3.05) is 25.0 Å². The molecule has 1 aliphatic carbocycles. The number of nitrogens with one attached hydrogen (secondary N) is 2. The third-order valence-electron chi connectivity index (χ3n) is 6.26. The highest BCUT2D eigenvalue weighted by Gasteiger charge is 2.29. The van der Waals surface area contributed by atoms with E-state index in [9.17, 15) is 9.59 Å². The van der Waals surface area contributed by atoms with E-state index in [0.29, 0.717) is 12.1 Å². The van der Waals surface area contributed by atoms with E-state index in [2.05, 4.69) is 46.7 Å². The van der Waals surface area contributed by atoms with Crippen LogP contribution in [-0.4, -0.2) is 36.3 Å². The molecule has 2 N–H and O–H groups in total. The molecular formula is C25H31N3O2. The SMILES string of the molecule is CC1CCN(C(CNC(=O)c2ccc(NC(=O)C3CC3)cc2)c2ccccc2)CC1. The van der Waals surface area contributed by atoms with E-state index in [0.717, 1.165) is 37.5 Å². The summed E-state index contributed by atoms with van der Waals surface area (Å²) in [5, 5.41) is 6.04. The molecule has 1 unspecified atom stereocenters. The van der Waals surface area contributed by atoms with E-state index in [1.54, 1.807) is 24.3 Å². The molecule has 0 bridgehead atoms. The van der Waals surface area contributed by atoms with Crippen molar-refractivity contribution >= 4 is 17.5 Å². The maximum Gasteiger partial charge on any atom is 0.251 e. The van der Waals surface area contributed by atoms with E-state index in [4.69, 9.17) is 0 Å². The van der Waals surface area contributed by atoms with Gasteiger partial charge in [-0.2, -0.15) is 0 Å². The molecule has 30 heavy (non-hydrogen) atoms. The molecule has 1 aliphatic heterocycles. The predicted octanol–water partition coefficient (Wildman–Crippen LogP) is 4.24. The molecule has 1 saturated heterocycles. The van der Waals surface area contributed by atoms with Crippen LogP contribution in [0.25, 0.3) is 0 Å². The Labute approximate surface area is 178 Å². The molecule has 0 radical (unpaired) electrons. The summed E-state index contributed by atoms with van der Waals surface area (Å²) in [4.78, 5) is 27.1. The average Bonchev–Trinajstić information content (AvgIpc) is 3.62. The Morgan fingerprint density at radius 2 is 1.63 bits per heavy atom. The van der Waals surface area contributed by atoms with Gasteiger partial charge < -0.3 is 10.6 Å². The molecule has 1 heterocycles. The Hall–Kier alpha value is -2.66. The van der Waals surface area contributed by atoms with Crippen LogP contribution in [-0.2, 0) is 4.79 Å². The first-order valence-electron chi connectivity index (χ1n) is 11.1. The number of nitrogens with zero attached hydrogens (tertiary/aromatic N) is 1. The van der Waals surface area contributed by atoms with Crippen molar-refractivity contribution < 1.29 is 9.59 Å². The molecular weight excluding hydrogens is 374 g/mol. The van der Waals surface area contributed by atoms with Gasteiger partial charge in [-0.1, -0.05) is 37.3 Å². The fourth-order valence-corrected chi connectivity index (χ4v) is 4.06. The van der Waals surface area contributed by atoms with E-state index >= 15 is 0 Å². The number of carbonyl (C=O) groups excluding carboxylic acids is 2. The van der Waals surface area contributed by atoms with Crippen LogP contribution < -0.4 is 10.6 Å². The maximum absolute atomic E-state index is 12.8. The Morgan fingerprint density at radius 3 is 2.27 bits per heavy atom. The summed E-state index contributed by atoms with van der Waals surface area (Å²) in [5.74, 6) is 0.932. The van der Waals surface area contributed by atoms with E-state index in [1.807, 2.05) is 6.07 Å². The number of benzene rings is 2. The zero-order chi connectivity index (χ0) is 20.9. The fraction of sp³-hybridized carbons (Fsp3) is 0.440. The quantitative estimate of drug-likeness (QED) is 0.724. The zero-order valence-corrected chi connectivity index (χ0v) is 17.6. The topological polar surface area (TPSA) is 61.4 Å². The molecule has 2 fully saturated rings. The van der Waals surface area contributed by atoms with Crippen LogP contribution in [0, 0.1) is 11.8 Å². The summed E-state index contributed by atoms with van der Waals surface area (Å²) < 4.78 is 0. The second-order valence-electron chi connectivity index (χ2n) is 8.70. The molecule has 1 atom stereocenters. The number of amides is 2. The summed E-state index contributed by atoms with van der Waals surface area (Å²) >= 11 is 0. The van der Waals surface area contributed by atoms with Crippen molar-refractivity contribution in [2.45, 2.75) is 38.6 Å². The monoisotopic (exact) mass is 405 g/mol. The number of rotatable bonds is 7. The van der Waals surface area contributed by atoms with Gasteiger partial charge in [0.2, 0.25) is 5.91 Å². The Bertz CT molecular complexity index is 854. The van der Waals surface area contributed by atoms with Gasteiger partial charge in [-0.05, 0) is 74.5 Å². The van der Waals surface area contributed by atoms with Crippen molar-refractivity contribution in [3.63, 3.8) is 0 Å². The van der Waals surface area contributed by atoms with Crippen LogP contribution in [0.4, 0.5) is 5.69 Å². The summed E-state index contributed by atoms with van der Waals surface area (Å²) in [6, 6.07) is 17.8. The lowest BCUT2D eigenvalue weighted by molar-refractivity contribution is -0.117. The predicted molar refractivity (Wildman–Crippen MR) is 119 cm³/mol. The second kappa shape index (κ2) is 9.43. The molecule has 158 valence electrons. The van der Waals surface area contributed by atoms with E-state index < -0.39 is 0 Å². The summed E-state index contributed by atoms with van der Waals surface area (Å²) in [5.41, 5.74) is 2.59. The Morgan fingerprint density at radius 1 is 0.967 bits per heavy atom. The molecule has 2 aromatic carbocycles. The number of anilines is 1. The first-order valence-corrected chi connectivity index (χ1v) is 11.1. The van der Waals surface area contributed by atoms with Gasteiger partial charge in [-0.15, -0.1) is 0 Å². The maximum atomic E-state index is 12.8. The lowest BCUT2D eigenvalue weighted by Gasteiger charge is -2.37. The highest BCUT2D eigenvalue weighted by molar-refractivity contribution is 5.96. The summed E-state index contributed by atoms with van der Waals surface area (Å²) in [6.45, 7) is 5.02. The van der Waals surface area contributed by atoms with Crippen LogP contribution in [0.5, 0.6) is 0 Å². The zero-order valence-electron chi connectivity index (χ0n) is 17.6. The first-order chi connectivity index (χ1) is 14.6. The van der Waals surface area contributed by atoms with Crippen LogP contribution in [0.1, 0.15) is 54.6 Å². The van der Waals surface area contributed by atoms with Crippen molar-refractivity contribution in [1.29, 1.82) is 0 Å². The lowest BCUT2D eigenvalue weighted by atomic mass is 9.95. The standard InChI is InChI=1S/C25H31N3O2/c1-18-13-15-28(16-14-18)23(19-5-3-2-4-6-19)17-26-24(29)20-9-11-22(12-10-20)27-25(30)21-7-8-21/h2-6,9-12,18,21,23H,7-8,13-17H2,1H3,(H,26,29)(H,27,30). The smallest absolute Gasteiger partial charge is 0.251 e. The van der Waals surface area contributed by atoms with Crippen molar-refractivity contribution in [3.8, 4) is 0 Å². The van der Waals surface area contributed by atoms with Crippen LogP contribution in [0.2, 0.25) is 0 Å². The van der Waals surface area contributed by atoms with Crippen LogP contribution in [0.3, 0.4) is 0 Å². The minimum atomic E-state index is -0.0821. The molecule has 5 heteroatoms. The molecule has 0 aromatic heterocycles. The van der Waals surface area contributed by atoms with Crippen LogP contribution in [0.15, 0.2) is 54.6 Å². The van der Waals surface area contributed by atoms with Gasteiger partial charge in [-0.3, -0.25) is 14.5 Å². The number of piperidine rings is 1. The number of likely N-dealkylation sites (tertiary alicyclic amines) is 1. The third-order valence-corrected chi connectivity index (χ3v) is 6.26. The molecule has 2 amide bonds. The average molecular weight is 406 g/mol. The minimum absolute atomic E-state index is 0.0776. The van der Waals surface area contributed by atoms with Crippen molar-refractivity contribution in [1.82, 2.24) is 10.2 Å². The molecule has 2 aromatic rings.